The van der Waals surface area contributed by atoms with Crippen LogP contribution >= 0.6 is 24.8 Å². The molecule has 1 aliphatic rings. The van der Waals surface area contributed by atoms with Crippen LogP contribution in [0.25, 0.3) is 0 Å². The van der Waals surface area contributed by atoms with E-state index >= 15 is 0 Å². The van der Waals surface area contributed by atoms with Crippen LogP contribution in [0, 0.1) is 0 Å². The van der Waals surface area contributed by atoms with Gasteiger partial charge in [-0.25, -0.2) is 0 Å². The van der Waals surface area contributed by atoms with Crippen molar-refractivity contribution in [2.24, 2.45) is 0 Å². The molecule has 1 N–H and O–H groups in total. The SMILES string of the molecule is CC(C)c1cccc(C(C)C)c1C(C(=O)O)N1CCN(C)CC1.Cl.Cl. The smallest absolute Gasteiger partial charge is 0.325 e. The quantitative estimate of drug-likeness (QED) is 0.819. The average molecular weight is 391 g/mol. The molecule has 0 saturated carbocycles. The first-order valence-corrected chi connectivity index (χ1v) is 8.61. The molecular weight excluding hydrogens is 359 g/mol. The fourth-order valence-corrected chi connectivity index (χ4v) is 3.47. The lowest BCUT2D eigenvalue weighted by Gasteiger charge is -2.38. The summed E-state index contributed by atoms with van der Waals surface area (Å²) in [7, 11) is 2.09. The molecule has 0 bridgehead atoms. The topological polar surface area (TPSA) is 43.8 Å². The van der Waals surface area contributed by atoms with Gasteiger partial charge in [0.05, 0.1) is 0 Å². The highest BCUT2D eigenvalue weighted by atomic mass is 35.5. The van der Waals surface area contributed by atoms with Crippen molar-refractivity contribution in [3.05, 3.63) is 34.9 Å². The maximum atomic E-state index is 12.2. The summed E-state index contributed by atoms with van der Waals surface area (Å²) in [6.07, 6.45) is 0. The van der Waals surface area contributed by atoms with E-state index in [-0.39, 0.29) is 24.8 Å². The van der Waals surface area contributed by atoms with Gasteiger partial charge in [0.1, 0.15) is 6.04 Å². The number of aliphatic carboxylic acids is 1. The predicted octanol–water partition coefficient (Wildman–Crippen LogP) is 4.15. The lowest BCUT2D eigenvalue weighted by Crippen LogP contribution is -2.48. The van der Waals surface area contributed by atoms with Gasteiger partial charge in [-0.05, 0) is 35.6 Å². The van der Waals surface area contributed by atoms with Gasteiger partial charge >= 0.3 is 5.97 Å². The Balaban J connectivity index is 0.00000288. The van der Waals surface area contributed by atoms with Gasteiger partial charge in [0.2, 0.25) is 0 Å². The molecule has 0 amide bonds. The molecule has 1 aliphatic heterocycles. The number of carbonyl (C=O) groups is 1. The molecule has 1 fully saturated rings. The van der Waals surface area contributed by atoms with Gasteiger partial charge in [0.25, 0.3) is 0 Å². The minimum Gasteiger partial charge on any atom is -0.480 e. The second kappa shape index (κ2) is 10.4. The van der Waals surface area contributed by atoms with Crippen LogP contribution in [0.2, 0.25) is 0 Å². The van der Waals surface area contributed by atoms with E-state index < -0.39 is 12.0 Å². The van der Waals surface area contributed by atoms with Crippen molar-refractivity contribution in [2.75, 3.05) is 33.2 Å². The molecule has 0 aliphatic carbocycles. The maximum absolute atomic E-state index is 12.2. The highest BCUT2D eigenvalue weighted by molar-refractivity contribution is 5.85. The van der Waals surface area contributed by atoms with Crippen LogP contribution in [0.4, 0.5) is 0 Å². The largest absolute Gasteiger partial charge is 0.480 e. The third-order valence-electron chi connectivity index (χ3n) is 4.83. The molecule has 0 radical (unpaired) electrons. The summed E-state index contributed by atoms with van der Waals surface area (Å²) in [6, 6.07) is 5.71. The Kier molecular flexibility index (Phi) is 10.0. The number of piperazine rings is 1. The van der Waals surface area contributed by atoms with Gasteiger partial charge in [0, 0.05) is 26.2 Å². The van der Waals surface area contributed by atoms with Crippen molar-refractivity contribution in [1.82, 2.24) is 9.80 Å². The summed E-state index contributed by atoms with van der Waals surface area (Å²) in [5.41, 5.74) is 3.36. The van der Waals surface area contributed by atoms with E-state index in [9.17, 15) is 9.90 Å². The number of benzene rings is 1. The maximum Gasteiger partial charge on any atom is 0.325 e. The normalized spacial score (nSPS) is 17.1. The molecule has 1 heterocycles. The van der Waals surface area contributed by atoms with E-state index in [1.807, 2.05) is 0 Å². The second-order valence-corrected chi connectivity index (χ2v) is 7.24. The lowest BCUT2D eigenvalue weighted by molar-refractivity contribution is -0.144. The number of carboxylic acid groups (broad SMARTS) is 1. The average Bonchev–Trinajstić information content (AvgIpc) is 2.48. The molecule has 2 rings (SSSR count). The summed E-state index contributed by atoms with van der Waals surface area (Å²) >= 11 is 0. The molecule has 1 aromatic carbocycles. The molecule has 1 saturated heterocycles. The molecular formula is C19H32Cl2N2O2. The van der Waals surface area contributed by atoms with E-state index in [1.54, 1.807) is 0 Å². The first kappa shape index (κ1) is 24.2. The van der Waals surface area contributed by atoms with E-state index in [2.05, 4.69) is 62.7 Å². The highest BCUT2D eigenvalue weighted by Crippen LogP contribution is 2.35. The number of carboxylic acids is 1. The standard InChI is InChI=1S/C19H30N2O2.2ClH/c1-13(2)15-7-6-8-16(14(3)4)17(15)18(19(22)23)21-11-9-20(5)10-12-21;;/h6-8,13-14,18H,9-12H2,1-5H3,(H,22,23);2*1H. The lowest BCUT2D eigenvalue weighted by atomic mass is 9.84. The molecule has 0 spiro atoms. The Bertz CT molecular complexity index is 530. The van der Waals surface area contributed by atoms with E-state index in [1.165, 1.54) is 11.1 Å². The van der Waals surface area contributed by atoms with Crippen molar-refractivity contribution < 1.29 is 9.90 Å². The number of hydrogen-bond acceptors (Lipinski definition) is 3. The van der Waals surface area contributed by atoms with Gasteiger partial charge in [0.15, 0.2) is 0 Å². The number of hydrogen-bond donors (Lipinski definition) is 1. The van der Waals surface area contributed by atoms with Crippen molar-refractivity contribution >= 4 is 30.8 Å². The van der Waals surface area contributed by atoms with Crippen LogP contribution in [0.15, 0.2) is 18.2 Å². The summed E-state index contributed by atoms with van der Waals surface area (Å²) < 4.78 is 0. The zero-order valence-corrected chi connectivity index (χ0v) is 17.5. The van der Waals surface area contributed by atoms with Crippen LogP contribution < -0.4 is 0 Å². The van der Waals surface area contributed by atoms with Gasteiger partial charge in [-0.2, -0.15) is 0 Å². The first-order valence-electron chi connectivity index (χ1n) is 8.61. The van der Waals surface area contributed by atoms with E-state index in [0.29, 0.717) is 11.8 Å². The third-order valence-corrected chi connectivity index (χ3v) is 4.83. The Morgan fingerprint density at radius 3 is 1.76 bits per heavy atom. The number of nitrogens with zero attached hydrogens (tertiary/aromatic N) is 2. The fraction of sp³-hybridized carbons (Fsp3) is 0.632. The molecule has 25 heavy (non-hydrogen) atoms. The van der Waals surface area contributed by atoms with Gasteiger partial charge in [-0.3, -0.25) is 9.69 Å². The summed E-state index contributed by atoms with van der Waals surface area (Å²) in [4.78, 5) is 16.6. The summed E-state index contributed by atoms with van der Waals surface area (Å²) in [5.74, 6) is -0.0967. The van der Waals surface area contributed by atoms with Crippen molar-refractivity contribution in [3.8, 4) is 0 Å². The molecule has 6 heteroatoms. The van der Waals surface area contributed by atoms with Gasteiger partial charge in [-0.15, -0.1) is 24.8 Å². The predicted molar refractivity (Wildman–Crippen MR) is 109 cm³/mol. The van der Waals surface area contributed by atoms with Crippen LogP contribution in [0.3, 0.4) is 0 Å². The highest BCUT2D eigenvalue weighted by Gasteiger charge is 2.33. The molecule has 1 aromatic rings. The monoisotopic (exact) mass is 390 g/mol. The number of rotatable bonds is 5. The molecule has 1 unspecified atom stereocenters. The Morgan fingerprint density at radius 1 is 0.960 bits per heavy atom. The van der Waals surface area contributed by atoms with Gasteiger partial charge < -0.3 is 10.0 Å². The van der Waals surface area contributed by atoms with Crippen LogP contribution in [0.5, 0.6) is 0 Å². The molecule has 4 nitrogen and oxygen atoms in total. The van der Waals surface area contributed by atoms with Crippen molar-refractivity contribution in [3.63, 3.8) is 0 Å². The first-order chi connectivity index (χ1) is 10.8. The van der Waals surface area contributed by atoms with Gasteiger partial charge in [-0.1, -0.05) is 45.9 Å². The second-order valence-electron chi connectivity index (χ2n) is 7.24. The number of halogens is 2. The Morgan fingerprint density at radius 2 is 1.40 bits per heavy atom. The number of likely N-dealkylation sites (N-methyl/N-ethyl adjacent to an activating group) is 1. The summed E-state index contributed by atoms with van der Waals surface area (Å²) in [6.45, 7) is 12.0. The zero-order chi connectivity index (χ0) is 17.1. The molecule has 1 atom stereocenters. The Labute approximate surface area is 164 Å². The van der Waals surface area contributed by atoms with Crippen molar-refractivity contribution in [2.45, 2.75) is 45.6 Å². The zero-order valence-electron chi connectivity index (χ0n) is 15.9. The minimum absolute atomic E-state index is 0. The minimum atomic E-state index is -0.732. The third kappa shape index (κ3) is 5.58. The Hall–Kier alpha value is -0.810. The molecule has 0 aromatic heterocycles. The summed E-state index contributed by atoms with van der Waals surface area (Å²) in [5, 5.41) is 10.0. The fourth-order valence-electron chi connectivity index (χ4n) is 3.47. The van der Waals surface area contributed by atoms with Crippen molar-refractivity contribution in [1.29, 1.82) is 0 Å². The van der Waals surface area contributed by atoms with Crippen LogP contribution in [-0.4, -0.2) is 54.1 Å². The van der Waals surface area contributed by atoms with Crippen LogP contribution in [-0.2, 0) is 4.79 Å². The molecule has 144 valence electrons. The van der Waals surface area contributed by atoms with Crippen LogP contribution in [0.1, 0.15) is 62.3 Å². The van der Waals surface area contributed by atoms with E-state index in [0.717, 1.165) is 31.7 Å². The van der Waals surface area contributed by atoms with E-state index in [4.69, 9.17) is 0 Å².